The maximum Gasteiger partial charge on any atom is 0.0459 e. The van der Waals surface area contributed by atoms with Crippen LogP contribution in [0.2, 0.25) is 0 Å². The molecule has 2 heterocycles. The van der Waals surface area contributed by atoms with Crippen molar-refractivity contribution in [2.45, 2.75) is 26.3 Å². The molecule has 16 heavy (non-hydrogen) atoms. The molecule has 2 atom stereocenters. The lowest BCUT2D eigenvalue weighted by atomic mass is 9.94. The zero-order chi connectivity index (χ0) is 11.1. The van der Waals surface area contributed by atoms with Crippen LogP contribution < -0.4 is 5.32 Å². The Labute approximate surface area is 96.1 Å². The predicted molar refractivity (Wildman–Crippen MR) is 67.6 cm³/mol. The monoisotopic (exact) mass is 214 g/mol. The topological polar surface area (TPSA) is 27.8 Å². The molecule has 1 aromatic carbocycles. The van der Waals surface area contributed by atoms with Gasteiger partial charge >= 0.3 is 0 Å². The fraction of sp³-hybridized carbons (Fsp3) is 0.429. The molecule has 2 aromatic rings. The molecule has 3 rings (SSSR count). The van der Waals surface area contributed by atoms with Crippen LogP contribution in [-0.4, -0.2) is 11.5 Å². The number of aromatic amines is 1. The van der Waals surface area contributed by atoms with Crippen molar-refractivity contribution in [1.82, 2.24) is 10.3 Å². The van der Waals surface area contributed by atoms with E-state index >= 15 is 0 Å². The first-order valence-electron chi connectivity index (χ1n) is 6.08. The first kappa shape index (κ1) is 9.91. The van der Waals surface area contributed by atoms with E-state index in [4.69, 9.17) is 0 Å². The molecule has 2 heteroatoms. The molecule has 2 N–H and O–H groups in total. The van der Waals surface area contributed by atoms with Crippen LogP contribution in [0.15, 0.2) is 24.3 Å². The zero-order valence-corrected chi connectivity index (χ0v) is 9.88. The minimum Gasteiger partial charge on any atom is -0.358 e. The molecular formula is C14H18N2. The van der Waals surface area contributed by atoms with Crippen LogP contribution in [-0.2, 0) is 0 Å². The van der Waals surface area contributed by atoms with Gasteiger partial charge in [-0.3, -0.25) is 0 Å². The Hall–Kier alpha value is -1.28. The van der Waals surface area contributed by atoms with Gasteiger partial charge in [0.15, 0.2) is 0 Å². The number of benzene rings is 1. The average Bonchev–Trinajstić information content (AvgIpc) is 2.81. The number of hydrogen-bond acceptors (Lipinski definition) is 1. The van der Waals surface area contributed by atoms with Crippen LogP contribution in [0.1, 0.15) is 30.6 Å². The van der Waals surface area contributed by atoms with Gasteiger partial charge in [0.1, 0.15) is 0 Å². The Morgan fingerprint density at radius 3 is 2.81 bits per heavy atom. The van der Waals surface area contributed by atoms with E-state index in [-0.39, 0.29) is 0 Å². The Morgan fingerprint density at radius 1 is 1.25 bits per heavy atom. The van der Waals surface area contributed by atoms with Gasteiger partial charge in [-0.2, -0.15) is 0 Å². The fourth-order valence-electron chi connectivity index (χ4n) is 2.92. The smallest absolute Gasteiger partial charge is 0.0459 e. The highest BCUT2D eigenvalue weighted by atomic mass is 15.0. The van der Waals surface area contributed by atoms with Crippen LogP contribution in [0.4, 0.5) is 0 Å². The van der Waals surface area contributed by atoms with Crippen molar-refractivity contribution in [3.05, 3.63) is 35.5 Å². The van der Waals surface area contributed by atoms with E-state index in [1.165, 1.54) is 28.6 Å². The molecule has 0 saturated carbocycles. The predicted octanol–water partition coefficient (Wildman–Crippen LogP) is 3.15. The van der Waals surface area contributed by atoms with Crippen molar-refractivity contribution in [3.8, 4) is 0 Å². The van der Waals surface area contributed by atoms with E-state index in [1.54, 1.807) is 0 Å². The number of rotatable bonds is 1. The lowest BCUT2D eigenvalue weighted by Gasteiger charge is -2.16. The maximum absolute atomic E-state index is 3.62. The number of hydrogen-bond donors (Lipinski definition) is 2. The van der Waals surface area contributed by atoms with E-state index in [2.05, 4.69) is 48.4 Å². The van der Waals surface area contributed by atoms with Gasteiger partial charge in [-0.15, -0.1) is 0 Å². The van der Waals surface area contributed by atoms with Gasteiger partial charge < -0.3 is 10.3 Å². The Kier molecular flexibility index (Phi) is 2.25. The van der Waals surface area contributed by atoms with E-state index < -0.39 is 0 Å². The largest absolute Gasteiger partial charge is 0.358 e. The van der Waals surface area contributed by atoms with Crippen molar-refractivity contribution in [3.63, 3.8) is 0 Å². The van der Waals surface area contributed by atoms with Crippen LogP contribution in [0.25, 0.3) is 10.9 Å². The van der Waals surface area contributed by atoms with Gasteiger partial charge in [0.2, 0.25) is 0 Å². The summed E-state index contributed by atoms with van der Waals surface area (Å²) in [5.74, 6) is 0.734. The third-order valence-electron chi connectivity index (χ3n) is 3.79. The number of aryl methyl sites for hydroxylation is 1. The number of para-hydroxylation sites is 1. The molecule has 0 unspecified atom stereocenters. The molecule has 0 bridgehead atoms. The van der Waals surface area contributed by atoms with Gasteiger partial charge in [0, 0.05) is 22.6 Å². The van der Waals surface area contributed by atoms with Crippen LogP contribution in [0.3, 0.4) is 0 Å². The van der Waals surface area contributed by atoms with E-state index in [0.29, 0.717) is 6.04 Å². The summed E-state index contributed by atoms with van der Waals surface area (Å²) in [5.41, 5.74) is 4.05. The van der Waals surface area contributed by atoms with Gasteiger partial charge in [0.05, 0.1) is 0 Å². The minimum absolute atomic E-state index is 0.524. The van der Waals surface area contributed by atoms with Gasteiger partial charge in [0.25, 0.3) is 0 Å². The molecule has 1 fully saturated rings. The van der Waals surface area contributed by atoms with Crippen molar-refractivity contribution in [2.24, 2.45) is 5.92 Å². The highest BCUT2D eigenvalue weighted by Gasteiger charge is 2.27. The SMILES string of the molecule is Cc1[nH]c2ccccc2c1[C@@H]1NCC[C@H]1C. The van der Waals surface area contributed by atoms with E-state index in [1.807, 2.05) is 0 Å². The standard InChI is InChI=1S/C14H18N2/c1-9-7-8-15-14(9)13-10(2)16-12-6-4-3-5-11(12)13/h3-6,9,14-16H,7-8H2,1-2H3/t9-,14-/m1/s1. The quantitative estimate of drug-likeness (QED) is 0.750. The Morgan fingerprint density at radius 2 is 2.06 bits per heavy atom. The highest BCUT2D eigenvalue weighted by molar-refractivity contribution is 5.85. The number of fused-ring (bicyclic) bond motifs is 1. The number of H-pyrrole nitrogens is 1. The number of nitrogens with one attached hydrogen (secondary N) is 2. The molecule has 2 nitrogen and oxygen atoms in total. The minimum atomic E-state index is 0.524. The van der Waals surface area contributed by atoms with E-state index in [0.717, 1.165) is 12.5 Å². The first-order valence-corrected chi connectivity index (χ1v) is 6.08. The fourth-order valence-corrected chi connectivity index (χ4v) is 2.92. The molecule has 0 aliphatic carbocycles. The summed E-state index contributed by atoms with van der Waals surface area (Å²) in [6.45, 7) is 5.67. The van der Waals surface area contributed by atoms with Crippen molar-refractivity contribution in [1.29, 1.82) is 0 Å². The summed E-state index contributed by atoms with van der Waals surface area (Å²) in [6.07, 6.45) is 1.28. The van der Waals surface area contributed by atoms with Crippen molar-refractivity contribution in [2.75, 3.05) is 6.54 Å². The number of aromatic nitrogens is 1. The van der Waals surface area contributed by atoms with Crippen LogP contribution >= 0.6 is 0 Å². The van der Waals surface area contributed by atoms with E-state index in [9.17, 15) is 0 Å². The third kappa shape index (κ3) is 1.37. The summed E-state index contributed by atoms with van der Waals surface area (Å²) >= 11 is 0. The summed E-state index contributed by atoms with van der Waals surface area (Å²) < 4.78 is 0. The molecule has 1 aliphatic rings. The van der Waals surface area contributed by atoms with Gasteiger partial charge in [-0.25, -0.2) is 0 Å². The summed E-state index contributed by atoms with van der Waals surface area (Å²) in [6, 6.07) is 9.12. The lowest BCUT2D eigenvalue weighted by molar-refractivity contribution is 0.504. The molecule has 84 valence electrons. The molecule has 0 amide bonds. The van der Waals surface area contributed by atoms with Crippen LogP contribution in [0.5, 0.6) is 0 Å². The molecule has 0 radical (unpaired) electrons. The normalized spacial score (nSPS) is 25.4. The summed E-state index contributed by atoms with van der Waals surface area (Å²) in [5, 5.41) is 5.00. The maximum atomic E-state index is 3.62. The van der Waals surface area contributed by atoms with Gasteiger partial charge in [-0.1, -0.05) is 25.1 Å². The van der Waals surface area contributed by atoms with Crippen LogP contribution in [0, 0.1) is 12.8 Å². The summed E-state index contributed by atoms with van der Waals surface area (Å²) in [4.78, 5) is 3.48. The Balaban J connectivity index is 2.18. The highest BCUT2D eigenvalue weighted by Crippen LogP contribution is 2.35. The van der Waals surface area contributed by atoms with Crippen molar-refractivity contribution >= 4 is 10.9 Å². The third-order valence-corrected chi connectivity index (χ3v) is 3.79. The molecule has 1 aliphatic heterocycles. The second-order valence-electron chi connectivity index (χ2n) is 4.91. The second kappa shape index (κ2) is 3.63. The molecule has 0 spiro atoms. The molecular weight excluding hydrogens is 196 g/mol. The average molecular weight is 214 g/mol. The summed E-state index contributed by atoms with van der Waals surface area (Å²) in [7, 11) is 0. The molecule has 1 aromatic heterocycles. The van der Waals surface area contributed by atoms with Crippen molar-refractivity contribution < 1.29 is 0 Å². The second-order valence-corrected chi connectivity index (χ2v) is 4.91. The van der Waals surface area contributed by atoms with Gasteiger partial charge in [-0.05, 0) is 37.4 Å². The molecule has 1 saturated heterocycles. The Bertz CT molecular complexity index is 512. The lowest BCUT2D eigenvalue weighted by Crippen LogP contribution is -2.17. The zero-order valence-electron chi connectivity index (χ0n) is 9.88. The first-order chi connectivity index (χ1) is 7.77.